The smallest absolute Gasteiger partial charge is 0.293 e. The highest BCUT2D eigenvalue weighted by Crippen LogP contribution is 2.09. The summed E-state index contributed by atoms with van der Waals surface area (Å²) in [6.07, 6.45) is 1.35. The minimum absolute atomic E-state index is 0.107. The van der Waals surface area contributed by atoms with Crippen molar-refractivity contribution in [1.29, 1.82) is 0 Å². The summed E-state index contributed by atoms with van der Waals surface area (Å²) in [7, 11) is 0. The zero-order chi connectivity index (χ0) is 12.7. The zero-order valence-electron chi connectivity index (χ0n) is 10.3. The van der Waals surface area contributed by atoms with Gasteiger partial charge in [-0.25, -0.2) is 0 Å². The average molecular weight is 234 g/mol. The Morgan fingerprint density at radius 2 is 1.82 bits per heavy atom. The summed E-state index contributed by atoms with van der Waals surface area (Å²) in [5.74, 6) is 0.397. The van der Waals surface area contributed by atoms with E-state index in [-0.39, 0.29) is 5.92 Å². The molecule has 0 bridgehead atoms. The first-order chi connectivity index (χ1) is 8.13. The molecule has 3 nitrogen and oxygen atoms in total. The van der Waals surface area contributed by atoms with Gasteiger partial charge in [0.15, 0.2) is 0 Å². The molecule has 0 heterocycles. The summed E-state index contributed by atoms with van der Waals surface area (Å²) < 4.78 is 4.65. The van der Waals surface area contributed by atoms with Crippen LogP contribution in [-0.2, 0) is 27.4 Å². The van der Waals surface area contributed by atoms with Crippen LogP contribution in [0.1, 0.15) is 31.4 Å². The Morgan fingerprint density at radius 3 is 2.35 bits per heavy atom. The quantitative estimate of drug-likeness (QED) is 0.681. The number of carbonyl (C=O) groups excluding carboxylic acids is 2. The van der Waals surface area contributed by atoms with E-state index in [9.17, 15) is 9.59 Å². The standard InChI is InChI=1S/C14H18O3/c1-11(2)14(16)8-7-12-3-5-13(6-4-12)9-17-10-15/h3-6,10-11H,7-9H2,1-2H3. The van der Waals surface area contributed by atoms with Crippen LogP contribution in [0.25, 0.3) is 0 Å². The molecule has 1 aromatic carbocycles. The molecule has 0 aliphatic heterocycles. The lowest BCUT2D eigenvalue weighted by Gasteiger charge is -2.05. The van der Waals surface area contributed by atoms with Gasteiger partial charge in [0.25, 0.3) is 6.47 Å². The number of benzene rings is 1. The van der Waals surface area contributed by atoms with Crippen molar-refractivity contribution in [1.82, 2.24) is 0 Å². The fourth-order valence-electron chi connectivity index (χ4n) is 1.49. The van der Waals surface area contributed by atoms with Crippen LogP contribution in [0.5, 0.6) is 0 Å². The summed E-state index contributed by atoms with van der Waals surface area (Å²) >= 11 is 0. The summed E-state index contributed by atoms with van der Waals surface area (Å²) in [6.45, 7) is 4.58. The van der Waals surface area contributed by atoms with Crippen molar-refractivity contribution < 1.29 is 14.3 Å². The third-order valence-electron chi connectivity index (χ3n) is 2.65. The number of ether oxygens (including phenoxy) is 1. The van der Waals surface area contributed by atoms with E-state index in [0.29, 0.717) is 25.3 Å². The Bertz CT molecular complexity index is 366. The van der Waals surface area contributed by atoms with Gasteiger partial charge in [0.1, 0.15) is 12.4 Å². The molecule has 0 atom stereocenters. The van der Waals surface area contributed by atoms with E-state index < -0.39 is 0 Å². The van der Waals surface area contributed by atoms with Gasteiger partial charge >= 0.3 is 0 Å². The topological polar surface area (TPSA) is 43.4 Å². The molecule has 0 radical (unpaired) electrons. The van der Waals surface area contributed by atoms with Gasteiger partial charge in [0.2, 0.25) is 0 Å². The molecular weight excluding hydrogens is 216 g/mol. The van der Waals surface area contributed by atoms with Crippen LogP contribution in [0.15, 0.2) is 24.3 Å². The molecule has 0 aromatic heterocycles. The summed E-state index contributed by atoms with van der Waals surface area (Å²) in [4.78, 5) is 21.5. The minimum Gasteiger partial charge on any atom is -0.463 e. The molecule has 1 aromatic rings. The lowest BCUT2D eigenvalue weighted by molar-refractivity contribution is -0.129. The van der Waals surface area contributed by atoms with Crippen LogP contribution in [0, 0.1) is 5.92 Å². The lowest BCUT2D eigenvalue weighted by Crippen LogP contribution is -2.07. The molecule has 92 valence electrons. The van der Waals surface area contributed by atoms with Crippen molar-refractivity contribution in [2.24, 2.45) is 5.92 Å². The fraction of sp³-hybridized carbons (Fsp3) is 0.429. The second kappa shape index (κ2) is 6.84. The number of hydrogen-bond acceptors (Lipinski definition) is 3. The Morgan fingerprint density at radius 1 is 1.24 bits per heavy atom. The van der Waals surface area contributed by atoms with Gasteiger partial charge in [-0.05, 0) is 17.5 Å². The number of aryl methyl sites for hydroxylation is 1. The maximum atomic E-state index is 11.5. The number of Topliss-reactive ketones (excluding diaryl/α,β-unsaturated/α-hetero) is 1. The second-order valence-corrected chi connectivity index (χ2v) is 4.34. The highest BCUT2D eigenvalue weighted by Gasteiger charge is 2.06. The Balaban J connectivity index is 2.45. The number of carbonyl (C=O) groups is 2. The normalized spacial score (nSPS) is 10.3. The fourth-order valence-corrected chi connectivity index (χ4v) is 1.49. The van der Waals surface area contributed by atoms with Crippen LogP contribution < -0.4 is 0 Å². The molecule has 0 unspecified atom stereocenters. The molecule has 0 saturated heterocycles. The molecule has 0 N–H and O–H groups in total. The highest BCUT2D eigenvalue weighted by atomic mass is 16.5. The maximum absolute atomic E-state index is 11.5. The zero-order valence-corrected chi connectivity index (χ0v) is 10.3. The van der Waals surface area contributed by atoms with E-state index in [2.05, 4.69) is 4.74 Å². The number of rotatable bonds is 7. The molecule has 0 fully saturated rings. The van der Waals surface area contributed by atoms with Crippen molar-refractivity contribution in [3.05, 3.63) is 35.4 Å². The molecule has 0 aliphatic rings. The van der Waals surface area contributed by atoms with Crippen LogP contribution in [-0.4, -0.2) is 12.3 Å². The van der Waals surface area contributed by atoms with Gasteiger partial charge in [0.05, 0.1) is 0 Å². The van der Waals surface area contributed by atoms with Gasteiger partial charge in [0, 0.05) is 12.3 Å². The first-order valence-corrected chi connectivity index (χ1v) is 5.79. The van der Waals surface area contributed by atoms with Crippen LogP contribution in [0.4, 0.5) is 0 Å². The third-order valence-corrected chi connectivity index (χ3v) is 2.65. The first kappa shape index (κ1) is 13.4. The Kier molecular flexibility index (Phi) is 5.40. The number of ketones is 1. The molecule has 0 amide bonds. The van der Waals surface area contributed by atoms with E-state index in [0.717, 1.165) is 17.5 Å². The van der Waals surface area contributed by atoms with Gasteiger partial charge in [-0.15, -0.1) is 0 Å². The SMILES string of the molecule is CC(C)C(=O)CCc1ccc(COC=O)cc1. The highest BCUT2D eigenvalue weighted by molar-refractivity contribution is 5.80. The van der Waals surface area contributed by atoms with Gasteiger partial charge in [-0.2, -0.15) is 0 Å². The van der Waals surface area contributed by atoms with Crippen molar-refractivity contribution in [3.8, 4) is 0 Å². The predicted octanol–water partition coefficient (Wildman–Crippen LogP) is 2.52. The average Bonchev–Trinajstić information content (AvgIpc) is 2.34. The second-order valence-electron chi connectivity index (χ2n) is 4.34. The van der Waals surface area contributed by atoms with Gasteiger partial charge in [-0.1, -0.05) is 38.1 Å². The van der Waals surface area contributed by atoms with Crippen molar-refractivity contribution in [3.63, 3.8) is 0 Å². The molecule has 0 spiro atoms. The van der Waals surface area contributed by atoms with E-state index in [1.165, 1.54) is 0 Å². The number of hydrogen-bond donors (Lipinski definition) is 0. The molecule has 0 aliphatic carbocycles. The monoisotopic (exact) mass is 234 g/mol. The Labute approximate surface area is 102 Å². The molecule has 0 saturated carbocycles. The summed E-state index contributed by atoms with van der Waals surface area (Å²) in [5, 5.41) is 0. The van der Waals surface area contributed by atoms with E-state index >= 15 is 0 Å². The molecule has 17 heavy (non-hydrogen) atoms. The van der Waals surface area contributed by atoms with Gasteiger partial charge < -0.3 is 4.74 Å². The van der Waals surface area contributed by atoms with Crippen molar-refractivity contribution >= 4 is 12.3 Å². The van der Waals surface area contributed by atoms with Gasteiger partial charge in [-0.3, -0.25) is 9.59 Å². The van der Waals surface area contributed by atoms with E-state index in [1.807, 2.05) is 38.1 Å². The molecule has 1 rings (SSSR count). The van der Waals surface area contributed by atoms with Crippen molar-refractivity contribution in [2.75, 3.05) is 0 Å². The maximum Gasteiger partial charge on any atom is 0.293 e. The largest absolute Gasteiger partial charge is 0.463 e. The minimum atomic E-state index is 0.107. The van der Waals surface area contributed by atoms with Crippen LogP contribution in [0.3, 0.4) is 0 Å². The Hall–Kier alpha value is -1.64. The van der Waals surface area contributed by atoms with Crippen LogP contribution in [0.2, 0.25) is 0 Å². The van der Waals surface area contributed by atoms with Crippen molar-refractivity contribution in [2.45, 2.75) is 33.3 Å². The van der Waals surface area contributed by atoms with E-state index in [4.69, 9.17) is 0 Å². The molecule has 3 heteroatoms. The third kappa shape index (κ3) is 4.81. The summed E-state index contributed by atoms with van der Waals surface area (Å²) in [6, 6.07) is 7.77. The van der Waals surface area contributed by atoms with Crippen LogP contribution >= 0.6 is 0 Å². The lowest BCUT2D eigenvalue weighted by atomic mass is 10.0. The molecular formula is C14H18O3. The predicted molar refractivity (Wildman–Crippen MR) is 65.5 cm³/mol. The van der Waals surface area contributed by atoms with E-state index in [1.54, 1.807) is 0 Å². The summed E-state index contributed by atoms with van der Waals surface area (Å²) in [5.41, 5.74) is 2.09. The first-order valence-electron chi connectivity index (χ1n) is 5.79.